The summed E-state index contributed by atoms with van der Waals surface area (Å²) in [6.45, 7) is 10.7. The van der Waals surface area contributed by atoms with Gasteiger partial charge in [0.05, 0.1) is 19.3 Å². The van der Waals surface area contributed by atoms with Gasteiger partial charge in [-0.25, -0.2) is 0 Å². The molecule has 1 aromatic carbocycles. The van der Waals surface area contributed by atoms with Crippen molar-refractivity contribution < 1.29 is 9.47 Å². The number of methoxy groups -OCH3 is 1. The van der Waals surface area contributed by atoms with Crippen molar-refractivity contribution in [3.05, 3.63) is 35.4 Å². The lowest BCUT2D eigenvalue weighted by molar-refractivity contribution is 0.0137. The Kier molecular flexibility index (Phi) is 6.49. The third-order valence-corrected chi connectivity index (χ3v) is 2.96. The Morgan fingerprint density at radius 3 is 2.42 bits per heavy atom. The Morgan fingerprint density at radius 2 is 1.84 bits per heavy atom. The van der Waals surface area contributed by atoms with E-state index in [-0.39, 0.29) is 11.6 Å². The van der Waals surface area contributed by atoms with Crippen molar-refractivity contribution in [3.8, 4) is 0 Å². The standard InChI is InChI=1S/C16H27NO2/c1-13-8-6-7-9-14(13)15(19-11-10-18-5)12-17-16(2,3)4/h6-9,15,17H,10-12H2,1-5H3. The van der Waals surface area contributed by atoms with Crippen LogP contribution in [0.4, 0.5) is 0 Å². The maximum absolute atomic E-state index is 5.96. The molecule has 0 bridgehead atoms. The van der Waals surface area contributed by atoms with Gasteiger partial charge in [0.25, 0.3) is 0 Å². The van der Waals surface area contributed by atoms with E-state index in [4.69, 9.17) is 9.47 Å². The summed E-state index contributed by atoms with van der Waals surface area (Å²) >= 11 is 0. The minimum absolute atomic E-state index is 0.0653. The molecule has 108 valence electrons. The van der Waals surface area contributed by atoms with Gasteiger partial charge < -0.3 is 14.8 Å². The third-order valence-electron chi connectivity index (χ3n) is 2.96. The molecule has 0 aliphatic heterocycles. The van der Waals surface area contributed by atoms with Gasteiger partial charge in [-0.05, 0) is 38.8 Å². The van der Waals surface area contributed by atoms with Crippen molar-refractivity contribution in [2.45, 2.75) is 39.3 Å². The molecule has 1 rings (SSSR count). The second kappa shape index (κ2) is 7.63. The van der Waals surface area contributed by atoms with Crippen LogP contribution in [0.25, 0.3) is 0 Å². The molecule has 1 aromatic rings. The fourth-order valence-electron chi connectivity index (χ4n) is 1.88. The molecule has 0 saturated heterocycles. The van der Waals surface area contributed by atoms with Gasteiger partial charge in [0.1, 0.15) is 0 Å². The zero-order valence-electron chi connectivity index (χ0n) is 12.8. The highest BCUT2D eigenvalue weighted by Crippen LogP contribution is 2.21. The summed E-state index contributed by atoms with van der Waals surface area (Å²) in [5.74, 6) is 0. The van der Waals surface area contributed by atoms with Crippen LogP contribution < -0.4 is 5.32 Å². The average Bonchev–Trinajstić information content (AvgIpc) is 2.33. The van der Waals surface area contributed by atoms with E-state index in [9.17, 15) is 0 Å². The van der Waals surface area contributed by atoms with Crippen molar-refractivity contribution in [1.82, 2.24) is 5.32 Å². The fraction of sp³-hybridized carbons (Fsp3) is 0.625. The van der Waals surface area contributed by atoms with Crippen LogP contribution in [0.15, 0.2) is 24.3 Å². The molecule has 0 spiro atoms. The zero-order valence-corrected chi connectivity index (χ0v) is 12.8. The van der Waals surface area contributed by atoms with E-state index in [0.717, 1.165) is 6.54 Å². The highest BCUT2D eigenvalue weighted by molar-refractivity contribution is 5.28. The first-order valence-electron chi connectivity index (χ1n) is 6.85. The second-order valence-electron chi connectivity index (χ2n) is 5.84. The molecular weight excluding hydrogens is 238 g/mol. The Morgan fingerprint density at radius 1 is 1.16 bits per heavy atom. The summed E-state index contributed by atoms with van der Waals surface area (Å²) in [5, 5.41) is 3.51. The molecular formula is C16H27NO2. The van der Waals surface area contributed by atoms with Crippen LogP contribution in [-0.4, -0.2) is 32.4 Å². The smallest absolute Gasteiger partial charge is 0.0953 e. The zero-order chi connectivity index (χ0) is 14.3. The Labute approximate surface area is 117 Å². The predicted octanol–water partition coefficient (Wildman–Crippen LogP) is 3.09. The number of nitrogens with one attached hydrogen (secondary N) is 1. The molecule has 1 N–H and O–H groups in total. The van der Waals surface area contributed by atoms with Crippen LogP contribution in [0.5, 0.6) is 0 Å². The van der Waals surface area contributed by atoms with Gasteiger partial charge in [0.15, 0.2) is 0 Å². The van der Waals surface area contributed by atoms with Crippen molar-refractivity contribution in [2.24, 2.45) is 0 Å². The summed E-state index contributed by atoms with van der Waals surface area (Å²) in [6.07, 6.45) is 0.0653. The maximum atomic E-state index is 5.96. The molecule has 0 fully saturated rings. The summed E-state index contributed by atoms with van der Waals surface area (Å²) in [7, 11) is 1.69. The van der Waals surface area contributed by atoms with Gasteiger partial charge in [-0.2, -0.15) is 0 Å². The first-order chi connectivity index (χ1) is 8.94. The Bertz CT molecular complexity index is 371. The molecule has 3 heteroatoms. The topological polar surface area (TPSA) is 30.5 Å². The molecule has 0 aliphatic carbocycles. The lowest BCUT2D eigenvalue weighted by Crippen LogP contribution is -2.39. The first-order valence-corrected chi connectivity index (χ1v) is 6.85. The molecule has 1 atom stereocenters. The van der Waals surface area contributed by atoms with E-state index >= 15 is 0 Å². The number of hydrogen-bond donors (Lipinski definition) is 1. The molecule has 3 nitrogen and oxygen atoms in total. The summed E-state index contributed by atoms with van der Waals surface area (Å²) in [6, 6.07) is 8.38. The van der Waals surface area contributed by atoms with Gasteiger partial charge in [-0.15, -0.1) is 0 Å². The highest BCUT2D eigenvalue weighted by Gasteiger charge is 2.17. The van der Waals surface area contributed by atoms with E-state index in [1.165, 1.54) is 11.1 Å². The highest BCUT2D eigenvalue weighted by atomic mass is 16.5. The SMILES string of the molecule is COCCOC(CNC(C)(C)C)c1ccccc1C. The van der Waals surface area contributed by atoms with Gasteiger partial charge in [0.2, 0.25) is 0 Å². The minimum atomic E-state index is 0.0653. The fourth-order valence-corrected chi connectivity index (χ4v) is 1.88. The van der Waals surface area contributed by atoms with E-state index in [1.807, 2.05) is 0 Å². The van der Waals surface area contributed by atoms with Crippen molar-refractivity contribution in [3.63, 3.8) is 0 Å². The van der Waals surface area contributed by atoms with Crippen molar-refractivity contribution in [1.29, 1.82) is 0 Å². The lowest BCUT2D eigenvalue weighted by atomic mass is 10.0. The van der Waals surface area contributed by atoms with Gasteiger partial charge in [-0.3, -0.25) is 0 Å². The number of rotatable bonds is 7. The predicted molar refractivity (Wildman–Crippen MR) is 79.5 cm³/mol. The van der Waals surface area contributed by atoms with Crippen LogP contribution >= 0.6 is 0 Å². The van der Waals surface area contributed by atoms with E-state index in [1.54, 1.807) is 7.11 Å². The van der Waals surface area contributed by atoms with Crippen molar-refractivity contribution >= 4 is 0 Å². The molecule has 0 heterocycles. The normalized spacial score (nSPS) is 13.5. The summed E-state index contributed by atoms with van der Waals surface area (Å²) in [5.41, 5.74) is 2.60. The second-order valence-corrected chi connectivity index (χ2v) is 5.84. The van der Waals surface area contributed by atoms with Crippen LogP contribution in [0.3, 0.4) is 0 Å². The molecule has 1 unspecified atom stereocenters. The largest absolute Gasteiger partial charge is 0.382 e. The number of aryl methyl sites for hydroxylation is 1. The summed E-state index contributed by atoms with van der Waals surface area (Å²) in [4.78, 5) is 0. The minimum Gasteiger partial charge on any atom is -0.382 e. The molecule has 19 heavy (non-hydrogen) atoms. The maximum Gasteiger partial charge on any atom is 0.0953 e. The average molecular weight is 265 g/mol. The molecule has 0 saturated carbocycles. The molecule has 0 radical (unpaired) electrons. The van der Waals surface area contributed by atoms with E-state index in [0.29, 0.717) is 13.2 Å². The van der Waals surface area contributed by atoms with E-state index in [2.05, 4.69) is 57.3 Å². The van der Waals surface area contributed by atoms with Crippen LogP contribution in [0, 0.1) is 6.92 Å². The van der Waals surface area contributed by atoms with Crippen LogP contribution in [-0.2, 0) is 9.47 Å². The number of hydrogen-bond acceptors (Lipinski definition) is 3. The lowest BCUT2D eigenvalue weighted by Gasteiger charge is -2.26. The van der Waals surface area contributed by atoms with Crippen LogP contribution in [0.1, 0.15) is 38.0 Å². The molecule has 0 aromatic heterocycles. The summed E-state index contributed by atoms with van der Waals surface area (Å²) < 4.78 is 11.0. The number of ether oxygens (including phenoxy) is 2. The van der Waals surface area contributed by atoms with E-state index < -0.39 is 0 Å². The Hall–Kier alpha value is -0.900. The Balaban J connectivity index is 2.71. The third kappa shape index (κ3) is 6.19. The van der Waals surface area contributed by atoms with Crippen molar-refractivity contribution in [2.75, 3.05) is 26.9 Å². The van der Waals surface area contributed by atoms with Gasteiger partial charge in [0, 0.05) is 19.2 Å². The first kappa shape index (κ1) is 16.2. The number of benzene rings is 1. The van der Waals surface area contributed by atoms with Crippen LogP contribution in [0.2, 0.25) is 0 Å². The monoisotopic (exact) mass is 265 g/mol. The quantitative estimate of drug-likeness (QED) is 0.769. The van der Waals surface area contributed by atoms with Gasteiger partial charge in [-0.1, -0.05) is 24.3 Å². The molecule has 0 amide bonds. The van der Waals surface area contributed by atoms with Gasteiger partial charge >= 0.3 is 0 Å². The molecule has 0 aliphatic rings.